The summed E-state index contributed by atoms with van der Waals surface area (Å²) in [5, 5.41) is 6.50. The average molecular weight is 654 g/mol. The second-order valence-electron chi connectivity index (χ2n) is 11.1. The van der Waals surface area contributed by atoms with Crippen LogP contribution in [0.3, 0.4) is 0 Å². The van der Waals surface area contributed by atoms with E-state index in [2.05, 4.69) is 15.6 Å². The van der Waals surface area contributed by atoms with Crippen molar-refractivity contribution in [1.29, 1.82) is 0 Å². The van der Waals surface area contributed by atoms with Gasteiger partial charge in [0.25, 0.3) is 0 Å². The normalized spacial score (nSPS) is 22.9. The van der Waals surface area contributed by atoms with E-state index in [9.17, 15) is 26.4 Å². The molecule has 2 aliphatic rings. The Morgan fingerprint density at radius 2 is 1.86 bits per heavy atom. The van der Waals surface area contributed by atoms with Crippen molar-refractivity contribution in [2.45, 2.75) is 55.9 Å². The molecule has 2 fully saturated rings. The van der Waals surface area contributed by atoms with Crippen LogP contribution in [0.4, 0.5) is 23.2 Å². The van der Waals surface area contributed by atoms with E-state index in [0.717, 1.165) is 18.7 Å². The van der Waals surface area contributed by atoms with E-state index < -0.39 is 45.6 Å². The minimum Gasteiger partial charge on any atom is -0.324 e. The number of anilines is 1. The van der Waals surface area contributed by atoms with Gasteiger partial charge in [0.1, 0.15) is 11.5 Å². The van der Waals surface area contributed by atoms with Gasteiger partial charge in [-0.25, -0.2) is 12.8 Å². The van der Waals surface area contributed by atoms with Crippen molar-refractivity contribution in [2.24, 2.45) is 5.73 Å². The maximum Gasteiger partial charge on any atom is 0.433 e. The van der Waals surface area contributed by atoms with Crippen molar-refractivity contribution in [1.82, 2.24) is 14.6 Å². The molecule has 44 heavy (non-hydrogen) atoms. The molecular weight excluding hydrogens is 622 g/mol. The number of rotatable bonds is 8. The summed E-state index contributed by atoms with van der Waals surface area (Å²) in [5.74, 6) is -2.11. The maximum absolute atomic E-state index is 15.1. The van der Waals surface area contributed by atoms with E-state index in [1.54, 1.807) is 24.3 Å². The number of nitrogens with two attached hydrogens (primary N) is 1. The zero-order chi connectivity index (χ0) is 31.6. The van der Waals surface area contributed by atoms with Crippen LogP contribution in [0.5, 0.6) is 0 Å². The van der Waals surface area contributed by atoms with E-state index in [1.165, 1.54) is 28.6 Å². The van der Waals surface area contributed by atoms with E-state index >= 15 is 4.39 Å². The molecule has 14 heteroatoms. The number of sulfonamides is 1. The number of hydrogen-bond acceptors (Lipinski definition) is 6. The number of benzene rings is 2. The number of alkyl halides is 3. The zero-order valence-corrected chi connectivity index (χ0v) is 25.1. The van der Waals surface area contributed by atoms with Gasteiger partial charge in [-0.3, -0.25) is 9.78 Å². The molecule has 3 unspecified atom stereocenters. The van der Waals surface area contributed by atoms with Crippen LogP contribution in [0.2, 0.25) is 5.02 Å². The molecule has 2 bridgehead atoms. The first-order valence-corrected chi connectivity index (χ1v) is 16.2. The first-order valence-electron chi connectivity index (χ1n) is 14.2. The largest absolute Gasteiger partial charge is 0.433 e. The van der Waals surface area contributed by atoms with Crippen LogP contribution in [0.1, 0.15) is 47.6 Å². The Labute approximate surface area is 258 Å². The highest BCUT2D eigenvalue weighted by Gasteiger charge is 2.38. The zero-order valence-electron chi connectivity index (χ0n) is 23.5. The fourth-order valence-corrected chi connectivity index (χ4v) is 7.82. The Morgan fingerprint density at radius 1 is 1.14 bits per heavy atom. The van der Waals surface area contributed by atoms with Gasteiger partial charge in [-0.05, 0) is 67.1 Å². The minimum atomic E-state index is -4.64. The van der Waals surface area contributed by atoms with Gasteiger partial charge in [0, 0.05) is 53.6 Å². The summed E-state index contributed by atoms with van der Waals surface area (Å²) in [7, 11) is -3.43. The van der Waals surface area contributed by atoms with E-state index in [0.29, 0.717) is 36.5 Å². The van der Waals surface area contributed by atoms with Crippen LogP contribution in [0.25, 0.3) is 0 Å². The predicted molar refractivity (Wildman–Crippen MR) is 159 cm³/mol. The Morgan fingerprint density at radius 3 is 2.55 bits per heavy atom. The van der Waals surface area contributed by atoms with Gasteiger partial charge in [0.2, 0.25) is 15.9 Å². The summed E-state index contributed by atoms with van der Waals surface area (Å²) in [6.07, 6.45) is -1.81. The summed E-state index contributed by atoms with van der Waals surface area (Å²) < 4.78 is 81.8. The van der Waals surface area contributed by atoms with E-state index in [1.807, 2.05) is 0 Å². The SMILES string of the molecule is N[C@H](C(=O)Nc1cccc(F)c1CCC1CNC2CCCS(=O)(=O)N1C2)[C@@H](c1ccc(Cl)cc1)c1ccc(C(F)(F)F)nc1. The minimum absolute atomic E-state index is 0.0732. The van der Waals surface area contributed by atoms with Crippen LogP contribution in [-0.2, 0) is 27.4 Å². The number of pyridine rings is 1. The molecule has 0 radical (unpaired) electrons. The molecule has 3 heterocycles. The van der Waals surface area contributed by atoms with Gasteiger partial charge in [0.15, 0.2) is 0 Å². The number of fused-ring (bicyclic) bond motifs is 2. The third-order valence-corrected chi connectivity index (χ3v) is 10.4. The molecule has 2 aromatic carbocycles. The van der Waals surface area contributed by atoms with Crippen LogP contribution in [0.15, 0.2) is 60.8 Å². The topological polar surface area (TPSA) is 117 Å². The lowest BCUT2D eigenvalue weighted by atomic mass is 9.85. The molecule has 2 saturated heterocycles. The fraction of sp³-hybridized carbons (Fsp3) is 0.400. The Hall–Kier alpha value is -3.10. The third-order valence-electron chi connectivity index (χ3n) is 8.19. The molecule has 0 saturated carbocycles. The molecule has 1 aromatic heterocycles. The molecule has 3 aromatic rings. The van der Waals surface area contributed by atoms with Gasteiger partial charge >= 0.3 is 6.18 Å². The third kappa shape index (κ3) is 7.23. The van der Waals surface area contributed by atoms with Crippen molar-refractivity contribution in [3.63, 3.8) is 0 Å². The molecule has 1 amide bonds. The Balaban J connectivity index is 1.37. The summed E-state index contributed by atoms with van der Waals surface area (Å²) in [4.78, 5) is 17.1. The molecule has 4 N–H and O–H groups in total. The van der Waals surface area contributed by atoms with Crippen molar-refractivity contribution in [3.8, 4) is 0 Å². The highest BCUT2D eigenvalue weighted by molar-refractivity contribution is 7.89. The number of carbonyl (C=O) groups excluding carboxylic acids is 1. The number of piperazine rings is 1. The van der Waals surface area contributed by atoms with Crippen LogP contribution >= 0.6 is 11.6 Å². The molecule has 5 atom stereocenters. The standard InChI is InChI=1S/C30H32ClF4N5O3S/c31-20-9-6-18(7-10-20)27(19-8-13-26(38-15-19)30(33,34)35)28(36)29(41)39-25-5-1-4-24(32)23(25)12-11-22-16-37-21-3-2-14-44(42,43)40(22)17-21/h1,4-10,13,15,21-22,27-28,37H,2-3,11-12,14,16-17,36H2,(H,39,41)/t21?,22?,27-,28-/m0/s1. The molecular formula is C30H32ClF4N5O3S. The van der Waals surface area contributed by atoms with Crippen LogP contribution in [0, 0.1) is 5.82 Å². The summed E-state index contributed by atoms with van der Waals surface area (Å²) >= 11 is 6.03. The van der Waals surface area contributed by atoms with Gasteiger partial charge in [-0.15, -0.1) is 0 Å². The van der Waals surface area contributed by atoms with Crippen molar-refractivity contribution in [2.75, 3.05) is 24.2 Å². The van der Waals surface area contributed by atoms with E-state index in [-0.39, 0.29) is 41.1 Å². The molecule has 0 spiro atoms. The second kappa shape index (κ2) is 13.1. The Bertz CT molecular complexity index is 1590. The highest BCUT2D eigenvalue weighted by atomic mass is 35.5. The van der Waals surface area contributed by atoms with E-state index in [4.69, 9.17) is 17.3 Å². The van der Waals surface area contributed by atoms with Crippen LogP contribution in [-0.4, -0.2) is 60.6 Å². The van der Waals surface area contributed by atoms with Gasteiger partial charge in [-0.1, -0.05) is 35.9 Å². The lowest BCUT2D eigenvalue weighted by Gasteiger charge is -2.37. The number of amides is 1. The quantitative estimate of drug-likeness (QED) is 0.304. The number of nitrogens with zero attached hydrogens (tertiary/aromatic N) is 2. The lowest BCUT2D eigenvalue weighted by molar-refractivity contribution is -0.141. The van der Waals surface area contributed by atoms with Crippen molar-refractivity contribution < 1.29 is 30.8 Å². The van der Waals surface area contributed by atoms with Gasteiger partial charge in [0.05, 0.1) is 11.8 Å². The number of aromatic nitrogens is 1. The lowest BCUT2D eigenvalue weighted by Crippen LogP contribution is -2.57. The molecule has 5 rings (SSSR count). The fourth-order valence-electron chi connectivity index (χ4n) is 5.89. The molecule has 8 nitrogen and oxygen atoms in total. The summed E-state index contributed by atoms with van der Waals surface area (Å²) in [6, 6.07) is 11.0. The van der Waals surface area contributed by atoms with Crippen molar-refractivity contribution >= 4 is 33.2 Å². The first-order chi connectivity index (χ1) is 20.8. The highest BCUT2D eigenvalue weighted by Crippen LogP contribution is 2.33. The Kier molecular flexibility index (Phi) is 9.61. The smallest absolute Gasteiger partial charge is 0.324 e. The number of halogens is 5. The van der Waals surface area contributed by atoms with Crippen LogP contribution < -0.4 is 16.4 Å². The molecule has 0 aliphatic carbocycles. The van der Waals surface area contributed by atoms with Gasteiger partial charge in [-0.2, -0.15) is 17.5 Å². The summed E-state index contributed by atoms with van der Waals surface area (Å²) in [6.45, 7) is 0.808. The summed E-state index contributed by atoms with van der Waals surface area (Å²) in [5.41, 5.74) is 6.51. The first kappa shape index (κ1) is 32.3. The number of hydrogen-bond donors (Lipinski definition) is 3. The number of carbonyl (C=O) groups is 1. The van der Waals surface area contributed by atoms with Crippen molar-refractivity contribution in [3.05, 3.63) is 94.0 Å². The average Bonchev–Trinajstić information content (AvgIpc) is 3.09. The second-order valence-corrected chi connectivity index (χ2v) is 13.6. The molecule has 2 aliphatic heterocycles. The maximum atomic E-state index is 15.1. The predicted octanol–water partition coefficient (Wildman–Crippen LogP) is 4.69. The monoisotopic (exact) mass is 653 g/mol. The molecule has 236 valence electrons. The van der Waals surface area contributed by atoms with Gasteiger partial charge < -0.3 is 16.4 Å². The number of nitrogens with one attached hydrogen (secondary N) is 2.